The lowest BCUT2D eigenvalue weighted by molar-refractivity contribution is 1.42. The number of rotatable bonds is 1. The van der Waals surface area contributed by atoms with E-state index in [-0.39, 0.29) is 0 Å². The molecule has 1 nitrogen and oxygen atoms in total. The van der Waals surface area contributed by atoms with Crippen LogP contribution in [0.2, 0.25) is 5.02 Å². The van der Waals surface area contributed by atoms with Gasteiger partial charge in [0.2, 0.25) is 0 Å². The van der Waals surface area contributed by atoms with Crippen LogP contribution in [0.25, 0.3) is 0 Å². The van der Waals surface area contributed by atoms with E-state index in [1.807, 2.05) is 18.4 Å². The maximum absolute atomic E-state index is 8.51. The third-order valence-electron chi connectivity index (χ3n) is 1.28. The number of nitriles is 1. The molecule has 0 saturated carbocycles. The molecular weight excluding hydrogens is 178 g/mol. The minimum Gasteiger partial charge on any atom is -0.192 e. The van der Waals surface area contributed by atoms with Crippen molar-refractivity contribution in [2.75, 3.05) is 6.26 Å². The summed E-state index contributed by atoms with van der Waals surface area (Å²) in [6.07, 6.45) is 1.95. The van der Waals surface area contributed by atoms with Crippen LogP contribution >= 0.6 is 23.4 Å². The first-order valence-electron chi connectivity index (χ1n) is 3.01. The zero-order valence-corrected chi connectivity index (χ0v) is 7.54. The minimum atomic E-state index is 0.604. The zero-order chi connectivity index (χ0) is 8.27. The highest BCUT2D eigenvalue weighted by molar-refractivity contribution is 7.98. The molecule has 0 aromatic heterocycles. The predicted molar refractivity (Wildman–Crippen MR) is 47.9 cm³/mol. The number of nitrogens with zero attached hydrogens (tertiary/aromatic N) is 1. The molecule has 0 unspecified atom stereocenters. The van der Waals surface area contributed by atoms with E-state index in [2.05, 4.69) is 0 Å². The van der Waals surface area contributed by atoms with E-state index < -0.39 is 0 Å². The van der Waals surface area contributed by atoms with Crippen LogP contribution in [0, 0.1) is 11.3 Å². The van der Waals surface area contributed by atoms with E-state index >= 15 is 0 Å². The van der Waals surface area contributed by atoms with Crippen LogP contribution in [0.3, 0.4) is 0 Å². The average molecular weight is 184 g/mol. The van der Waals surface area contributed by atoms with Gasteiger partial charge in [0.25, 0.3) is 0 Å². The van der Waals surface area contributed by atoms with Crippen molar-refractivity contribution in [3.63, 3.8) is 0 Å². The molecule has 0 atom stereocenters. The SMILES string of the molecule is CSc1ccc(C#N)cc1Cl. The van der Waals surface area contributed by atoms with Gasteiger partial charge in [-0.25, -0.2) is 0 Å². The molecule has 0 aliphatic carbocycles. The Kier molecular flexibility index (Phi) is 2.81. The summed E-state index contributed by atoms with van der Waals surface area (Å²) >= 11 is 7.41. The molecular formula is C8H6ClNS. The van der Waals surface area contributed by atoms with Gasteiger partial charge in [-0.3, -0.25) is 0 Å². The van der Waals surface area contributed by atoms with E-state index in [4.69, 9.17) is 16.9 Å². The van der Waals surface area contributed by atoms with E-state index in [1.54, 1.807) is 23.9 Å². The summed E-state index contributed by atoms with van der Waals surface area (Å²) in [7, 11) is 0. The molecule has 0 amide bonds. The van der Waals surface area contributed by atoms with Crippen LogP contribution in [-0.4, -0.2) is 6.26 Å². The van der Waals surface area contributed by atoms with Gasteiger partial charge >= 0.3 is 0 Å². The quantitative estimate of drug-likeness (QED) is 0.626. The fraction of sp³-hybridized carbons (Fsp3) is 0.125. The maximum Gasteiger partial charge on any atom is 0.0992 e. The molecule has 0 aliphatic rings. The number of halogens is 1. The first-order valence-corrected chi connectivity index (χ1v) is 4.62. The van der Waals surface area contributed by atoms with Gasteiger partial charge in [0, 0.05) is 4.90 Å². The standard InChI is InChI=1S/C8H6ClNS/c1-11-8-3-2-6(5-10)4-7(8)9/h2-4H,1H3. The minimum absolute atomic E-state index is 0.604. The summed E-state index contributed by atoms with van der Waals surface area (Å²) < 4.78 is 0. The highest BCUT2D eigenvalue weighted by atomic mass is 35.5. The molecule has 1 rings (SSSR count). The summed E-state index contributed by atoms with van der Waals surface area (Å²) in [6, 6.07) is 7.31. The van der Waals surface area contributed by atoms with Gasteiger partial charge in [-0.2, -0.15) is 5.26 Å². The topological polar surface area (TPSA) is 23.8 Å². The van der Waals surface area contributed by atoms with E-state index in [0.29, 0.717) is 10.6 Å². The van der Waals surface area contributed by atoms with Crippen molar-refractivity contribution in [2.45, 2.75) is 4.90 Å². The van der Waals surface area contributed by atoms with Crippen LogP contribution < -0.4 is 0 Å². The molecule has 11 heavy (non-hydrogen) atoms. The lowest BCUT2D eigenvalue weighted by Gasteiger charge is -1.98. The Morgan fingerprint density at radius 2 is 2.27 bits per heavy atom. The fourth-order valence-corrected chi connectivity index (χ4v) is 1.61. The van der Waals surface area contributed by atoms with Crippen LogP contribution in [0.15, 0.2) is 23.1 Å². The normalized spacial score (nSPS) is 9.18. The first kappa shape index (κ1) is 8.45. The molecule has 3 heteroatoms. The molecule has 0 N–H and O–H groups in total. The lowest BCUT2D eigenvalue weighted by Crippen LogP contribution is -1.76. The number of benzene rings is 1. The van der Waals surface area contributed by atoms with Gasteiger partial charge in [0.15, 0.2) is 0 Å². The van der Waals surface area contributed by atoms with Crippen LogP contribution in [0.5, 0.6) is 0 Å². The molecule has 1 aromatic carbocycles. The predicted octanol–water partition coefficient (Wildman–Crippen LogP) is 2.93. The molecule has 0 radical (unpaired) electrons. The molecule has 0 saturated heterocycles. The van der Waals surface area contributed by atoms with Gasteiger partial charge in [-0.15, -0.1) is 11.8 Å². The summed E-state index contributed by atoms with van der Waals surface area (Å²) in [6.45, 7) is 0. The smallest absolute Gasteiger partial charge is 0.0992 e. The number of thioether (sulfide) groups is 1. The van der Waals surface area contributed by atoms with Crippen molar-refractivity contribution < 1.29 is 0 Å². The second-order valence-electron chi connectivity index (χ2n) is 1.96. The molecule has 0 aliphatic heterocycles. The van der Waals surface area contributed by atoms with Crippen LogP contribution in [0.1, 0.15) is 5.56 Å². The Morgan fingerprint density at radius 3 is 2.73 bits per heavy atom. The highest BCUT2D eigenvalue weighted by Gasteiger charge is 1.98. The number of hydrogen-bond acceptors (Lipinski definition) is 2. The van der Waals surface area contributed by atoms with Gasteiger partial charge < -0.3 is 0 Å². The van der Waals surface area contributed by atoms with E-state index in [9.17, 15) is 0 Å². The van der Waals surface area contributed by atoms with Crippen molar-refractivity contribution in [2.24, 2.45) is 0 Å². The maximum atomic E-state index is 8.51. The Balaban J connectivity index is 3.12. The van der Waals surface area contributed by atoms with Gasteiger partial charge in [0.05, 0.1) is 16.7 Å². The van der Waals surface area contributed by atoms with E-state index in [1.165, 1.54) is 0 Å². The Morgan fingerprint density at radius 1 is 1.55 bits per heavy atom. The third-order valence-corrected chi connectivity index (χ3v) is 2.50. The first-order chi connectivity index (χ1) is 5.27. The fourth-order valence-electron chi connectivity index (χ4n) is 0.736. The Bertz CT molecular complexity index is 303. The van der Waals surface area contributed by atoms with E-state index in [0.717, 1.165) is 4.90 Å². The van der Waals surface area contributed by atoms with Crippen molar-refractivity contribution >= 4 is 23.4 Å². The second-order valence-corrected chi connectivity index (χ2v) is 3.22. The van der Waals surface area contributed by atoms with Crippen LogP contribution in [-0.2, 0) is 0 Å². The largest absolute Gasteiger partial charge is 0.192 e. The third kappa shape index (κ3) is 1.89. The Labute approximate surface area is 75.0 Å². The van der Waals surface area contributed by atoms with Crippen molar-refractivity contribution in [3.05, 3.63) is 28.8 Å². The summed E-state index contributed by atoms with van der Waals surface area (Å²) in [5, 5.41) is 9.16. The van der Waals surface area contributed by atoms with Gasteiger partial charge in [0.1, 0.15) is 0 Å². The molecule has 0 fully saturated rings. The van der Waals surface area contributed by atoms with Gasteiger partial charge in [-0.1, -0.05) is 11.6 Å². The summed E-state index contributed by atoms with van der Waals surface area (Å²) in [5.41, 5.74) is 0.604. The lowest BCUT2D eigenvalue weighted by atomic mass is 10.2. The van der Waals surface area contributed by atoms with Crippen molar-refractivity contribution in [1.82, 2.24) is 0 Å². The van der Waals surface area contributed by atoms with Crippen LogP contribution in [0.4, 0.5) is 0 Å². The zero-order valence-electron chi connectivity index (χ0n) is 5.97. The Hall–Kier alpha value is -0.650. The summed E-state index contributed by atoms with van der Waals surface area (Å²) in [4.78, 5) is 1.01. The van der Waals surface area contributed by atoms with Crippen molar-refractivity contribution in [3.8, 4) is 6.07 Å². The van der Waals surface area contributed by atoms with Crippen molar-refractivity contribution in [1.29, 1.82) is 5.26 Å². The second kappa shape index (κ2) is 3.66. The molecule has 0 heterocycles. The highest BCUT2D eigenvalue weighted by Crippen LogP contribution is 2.25. The molecule has 56 valence electrons. The monoisotopic (exact) mass is 183 g/mol. The molecule has 1 aromatic rings. The van der Waals surface area contributed by atoms with Gasteiger partial charge in [-0.05, 0) is 24.5 Å². The number of hydrogen-bond donors (Lipinski definition) is 0. The molecule has 0 bridgehead atoms. The molecule has 0 spiro atoms. The average Bonchev–Trinajstić information content (AvgIpc) is 2.04. The summed E-state index contributed by atoms with van der Waals surface area (Å²) in [5.74, 6) is 0.